The van der Waals surface area contributed by atoms with Crippen LogP contribution in [0.1, 0.15) is 35.4 Å². The summed E-state index contributed by atoms with van der Waals surface area (Å²) in [5.41, 5.74) is 1.89. The minimum atomic E-state index is -0.905. The molecule has 1 aromatic heterocycles. The second kappa shape index (κ2) is 11.8. The molecule has 204 valence electrons. The van der Waals surface area contributed by atoms with Crippen LogP contribution in [0, 0.1) is 0 Å². The van der Waals surface area contributed by atoms with Crippen molar-refractivity contribution >= 4 is 17.4 Å². The molecule has 1 saturated heterocycles. The summed E-state index contributed by atoms with van der Waals surface area (Å²) in [5.74, 6) is 0.133. The van der Waals surface area contributed by atoms with Gasteiger partial charge in [-0.25, -0.2) is 0 Å². The standard InChI is InChI=1S/C32H29NO7/c1-3-38-24-12-7-11-23(17-24)30(34)28-29(33(32(36)31(28)35)19-25-13-8-16-39-25)22-14-15-26(27(18-22)37-2)40-20-21-9-5-4-6-10-21/h4-18,29,34H,3,19-20H2,1-2H3. The first-order chi connectivity index (χ1) is 19.5. The Kier molecular flexibility index (Phi) is 7.87. The number of aliphatic hydroxyl groups is 1. The number of hydrogen-bond donors (Lipinski definition) is 1. The summed E-state index contributed by atoms with van der Waals surface area (Å²) in [6.45, 7) is 2.67. The molecule has 0 bridgehead atoms. The van der Waals surface area contributed by atoms with Gasteiger partial charge in [-0.05, 0) is 54.4 Å². The molecule has 1 fully saturated rings. The second-order valence-corrected chi connectivity index (χ2v) is 9.15. The van der Waals surface area contributed by atoms with Gasteiger partial charge in [0.15, 0.2) is 11.5 Å². The van der Waals surface area contributed by atoms with Gasteiger partial charge in [-0.3, -0.25) is 9.59 Å². The molecule has 0 spiro atoms. The molecule has 0 radical (unpaired) electrons. The maximum absolute atomic E-state index is 13.4. The third-order valence-corrected chi connectivity index (χ3v) is 6.61. The van der Waals surface area contributed by atoms with Crippen molar-refractivity contribution in [3.8, 4) is 17.2 Å². The highest BCUT2D eigenvalue weighted by Crippen LogP contribution is 2.43. The van der Waals surface area contributed by atoms with Gasteiger partial charge in [0.2, 0.25) is 0 Å². The fourth-order valence-electron chi connectivity index (χ4n) is 4.72. The largest absolute Gasteiger partial charge is 0.507 e. The van der Waals surface area contributed by atoms with Gasteiger partial charge in [0, 0.05) is 5.56 Å². The first-order valence-electron chi connectivity index (χ1n) is 12.9. The van der Waals surface area contributed by atoms with Crippen LogP contribution < -0.4 is 14.2 Å². The number of rotatable bonds is 10. The van der Waals surface area contributed by atoms with E-state index in [0.29, 0.717) is 47.3 Å². The van der Waals surface area contributed by atoms with Gasteiger partial charge in [0.25, 0.3) is 11.7 Å². The van der Waals surface area contributed by atoms with Crippen LogP contribution in [-0.2, 0) is 22.7 Å². The van der Waals surface area contributed by atoms with Crippen molar-refractivity contribution in [1.82, 2.24) is 4.90 Å². The third-order valence-electron chi connectivity index (χ3n) is 6.61. The zero-order valence-electron chi connectivity index (χ0n) is 22.2. The molecule has 40 heavy (non-hydrogen) atoms. The maximum Gasteiger partial charge on any atom is 0.296 e. The number of amides is 1. The van der Waals surface area contributed by atoms with E-state index in [-0.39, 0.29) is 17.9 Å². The molecule has 1 unspecified atom stereocenters. The Morgan fingerprint density at radius 1 is 0.925 bits per heavy atom. The maximum atomic E-state index is 13.4. The number of hydrogen-bond acceptors (Lipinski definition) is 7. The highest BCUT2D eigenvalue weighted by molar-refractivity contribution is 6.46. The van der Waals surface area contributed by atoms with Gasteiger partial charge >= 0.3 is 0 Å². The fourth-order valence-corrected chi connectivity index (χ4v) is 4.72. The lowest BCUT2D eigenvalue weighted by molar-refractivity contribution is -0.140. The Balaban J connectivity index is 1.57. The highest BCUT2D eigenvalue weighted by atomic mass is 16.5. The van der Waals surface area contributed by atoms with E-state index >= 15 is 0 Å². The monoisotopic (exact) mass is 539 g/mol. The van der Waals surface area contributed by atoms with Gasteiger partial charge in [-0.1, -0.05) is 48.5 Å². The van der Waals surface area contributed by atoms with Crippen LogP contribution in [-0.4, -0.2) is 35.4 Å². The van der Waals surface area contributed by atoms with Gasteiger partial charge in [0.1, 0.15) is 23.9 Å². The lowest BCUT2D eigenvalue weighted by Crippen LogP contribution is -2.29. The quantitative estimate of drug-likeness (QED) is 0.152. The van der Waals surface area contributed by atoms with Crippen molar-refractivity contribution in [2.24, 2.45) is 0 Å². The Morgan fingerprint density at radius 3 is 2.48 bits per heavy atom. The van der Waals surface area contributed by atoms with Crippen LogP contribution in [0.25, 0.3) is 5.76 Å². The van der Waals surface area contributed by atoms with E-state index < -0.39 is 17.7 Å². The zero-order valence-corrected chi connectivity index (χ0v) is 22.2. The Labute approximate surface area is 232 Å². The Bertz CT molecular complexity index is 1530. The number of ketones is 1. The molecule has 1 amide bonds. The molecule has 3 aromatic carbocycles. The molecule has 1 aliphatic rings. The average molecular weight is 540 g/mol. The molecule has 1 atom stereocenters. The summed E-state index contributed by atoms with van der Waals surface area (Å²) in [4.78, 5) is 28.1. The molecule has 0 saturated carbocycles. The SMILES string of the molecule is CCOc1cccc(C(O)=C2C(=O)C(=O)N(Cc3ccco3)C2c2ccc(OCc3ccccc3)c(OC)c2)c1. The van der Waals surface area contributed by atoms with E-state index in [0.717, 1.165) is 5.56 Å². The van der Waals surface area contributed by atoms with Crippen LogP contribution in [0.2, 0.25) is 0 Å². The summed E-state index contributed by atoms with van der Waals surface area (Å²) in [6.07, 6.45) is 1.50. The van der Waals surface area contributed by atoms with Crippen LogP contribution in [0.15, 0.2) is 101 Å². The third kappa shape index (κ3) is 5.42. The molecule has 1 N–H and O–H groups in total. The van der Waals surface area contributed by atoms with Gasteiger partial charge in [0.05, 0.1) is 38.1 Å². The minimum Gasteiger partial charge on any atom is -0.507 e. The molecular formula is C32H29NO7. The van der Waals surface area contributed by atoms with E-state index in [2.05, 4.69) is 0 Å². The first kappa shape index (κ1) is 26.6. The van der Waals surface area contributed by atoms with Crippen LogP contribution in [0.3, 0.4) is 0 Å². The van der Waals surface area contributed by atoms with Crippen molar-refractivity contribution in [1.29, 1.82) is 0 Å². The molecule has 0 aliphatic carbocycles. The fraction of sp³-hybridized carbons (Fsp3) is 0.188. The first-order valence-corrected chi connectivity index (χ1v) is 12.9. The molecular weight excluding hydrogens is 510 g/mol. The summed E-state index contributed by atoms with van der Waals surface area (Å²) >= 11 is 0. The summed E-state index contributed by atoms with van der Waals surface area (Å²) < 4.78 is 22.7. The summed E-state index contributed by atoms with van der Waals surface area (Å²) in [5, 5.41) is 11.4. The van der Waals surface area contributed by atoms with Crippen LogP contribution in [0.4, 0.5) is 0 Å². The molecule has 1 aliphatic heterocycles. The van der Waals surface area contributed by atoms with Gasteiger partial charge in [-0.2, -0.15) is 0 Å². The number of furan rings is 1. The smallest absolute Gasteiger partial charge is 0.296 e. The molecule has 8 nitrogen and oxygen atoms in total. The normalized spacial score (nSPS) is 16.2. The number of likely N-dealkylation sites (tertiary alicyclic amines) is 1. The van der Waals surface area contributed by atoms with Crippen LogP contribution >= 0.6 is 0 Å². The number of aliphatic hydroxyl groups excluding tert-OH is 1. The number of benzene rings is 3. The summed E-state index contributed by atoms with van der Waals surface area (Å²) in [6, 6.07) is 24.3. The molecule has 8 heteroatoms. The number of methoxy groups -OCH3 is 1. The number of nitrogens with zero attached hydrogens (tertiary/aromatic N) is 1. The van der Waals surface area contributed by atoms with Gasteiger partial charge in [-0.15, -0.1) is 0 Å². The molecule has 4 aromatic rings. The lowest BCUT2D eigenvalue weighted by Gasteiger charge is -2.25. The topological polar surface area (TPSA) is 98.4 Å². The van der Waals surface area contributed by atoms with E-state index in [1.165, 1.54) is 18.3 Å². The number of ether oxygens (including phenoxy) is 3. The van der Waals surface area contributed by atoms with E-state index in [4.69, 9.17) is 18.6 Å². The van der Waals surface area contributed by atoms with E-state index in [1.54, 1.807) is 54.6 Å². The average Bonchev–Trinajstić information content (AvgIpc) is 3.59. The summed E-state index contributed by atoms with van der Waals surface area (Å²) in [7, 11) is 1.52. The van der Waals surface area contributed by atoms with Crippen molar-refractivity contribution < 1.29 is 33.3 Å². The Morgan fingerprint density at radius 2 is 1.75 bits per heavy atom. The van der Waals surface area contributed by atoms with Crippen molar-refractivity contribution in [3.63, 3.8) is 0 Å². The van der Waals surface area contributed by atoms with E-state index in [9.17, 15) is 14.7 Å². The number of Topliss-reactive ketones (excluding diaryl/α,β-unsaturated/α-hetero) is 1. The van der Waals surface area contributed by atoms with Crippen LogP contribution in [0.5, 0.6) is 17.2 Å². The molecule has 2 heterocycles. The van der Waals surface area contributed by atoms with Gasteiger partial charge < -0.3 is 28.6 Å². The predicted molar refractivity (Wildman–Crippen MR) is 148 cm³/mol. The van der Waals surface area contributed by atoms with Crippen molar-refractivity contribution in [2.45, 2.75) is 26.1 Å². The number of carbonyl (C=O) groups is 2. The predicted octanol–water partition coefficient (Wildman–Crippen LogP) is 5.89. The second-order valence-electron chi connectivity index (χ2n) is 9.15. The number of carbonyl (C=O) groups excluding carboxylic acids is 2. The lowest BCUT2D eigenvalue weighted by atomic mass is 9.95. The Hall–Kier alpha value is -4.98. The highest BCUT2D eigenvalue weighted by Gasteiger charge is 2.46. The zero-order chi connectivity index (χ0) is 28.1. The minimum absolute atomic E-state index is 0.0343. The van der Waals surface area contributed by atoms with Crippen molar-refractivity contribution in [2.75, 3.05) is 13.7 Å². The van der Waals surface area contributed by atoms with Crippen molar-refractivity contribution in [3.05, 3.63) is 119 Å². The van der Waals surface area contributed by atoms with E-state index in [1.807, 2.05) is 37.3 Å². The molecule has 5 rings (SSSR count).